The number of sulfonamides is 1. The third kappa shape index (κ3) is 5.07. The van der Waals surface area contributed by atoms with Gasteiger partial charge < -0.3 is 29.1 Å². The van der Waals surface area contributed by atoms with Gasteiger partial charge in [-0.1, -0.05) is 48.5 Å². The van der Waals surface area contributed by atoms with Gasteiger partial charge in [-0.2, -0.15) is 4.31 Å². The molecule has 294 valence electrons. The van der Waals surface area contributed by atoms with Crippen LogP contribution in [0.3, 0.4) is 0 Å². The molecule has 2 amide bonds. The van der Waals surface area contributed by atoms with Crippen molar-refractivity contribution in [2.45, 2.75) is 137 Å². The molecule has 0 aromatic rings. The predicted octanol–water partition coefficient (Wildman–Crippen LogP) is 5.75. The van der Waals surface area contributed by atoms with Gasteiger partial charge in [-0.15, -0.1) is 0 Å². The Hall–Kier alpha value is -1.63. The number of likely N-dealkylation sites (tertiary alicyclic amines) is 1. The molecule has 8 unspecified atom stereocenters. The average Bonchev–Trinajstić information content (AvgIpc) is 3.68. The lowest BCUT2D eigenvalue weighted by molar-refractivity contribution is -0.185. The molecule has 8 fully saturated rings. The van der Waals surface area contributed by atoms with Gasteiger partial charge in [0.15, 0.2) is 0 Å². The molecule has 0 aromatic heterocycles. The number of carbonyl (C=O) groups excluding carboxylic acids is 2. The van der Waals surface area contributed by atoms with Crippen molar-refractivity contribution < 1.29 is 37.3 Å². The van der Waals surface area contributed by atoms with Crippen LogP contribution in [0, 0.1) is 56.7 Å². The number of carbonyl (C=O) groups is 2. The second-order valence-corrected chi connectivity index (χ2v) is 22.0. The van der Waals surface area contributed by atoms with Crippen molar-refractivity contribution in [3.63, 3.8) is 0 Å². The fraction of sp³-hybridized carbons (Fsp3) is 0.950. The maximum absolute atomic E-state index is 13.4. The number of ether oxygens (including phenoxy) is 3. The first-order valence-corrected chi connectivity index (χ1v) is 22.4. The molecule has 3 aliphatic heterocycles. The van der Waals surface area contributed by atoms with Crippen LogP contribution >= 0.6 is 0 Å². The van der Waals surface area contributed by atoms with Crippen LogP contribution in [0.4, 0.5) is 9.59 Å². The van der Waals surface area contributed by atoms with Crippen molar-refractivity contribution in [2.24, 2.45) is 56.7 Å². The first-order chi connectivity index (χ1) is 24.3. The summed E-state index contributed by atoms with van der Waals surface area (Å²) in [6.07, 6.45) is 8.36. The van der Waals surface area contributed by atoms with Gasteiger partial charge in [-0.25, -0.2) is 18.0 Å². The van der Waals surface area contributed by atoms with Crippen LogP contribution < -0.4 is 0 Å². The molecular formula is C40H65N3O8S. The Morgan fingerprint density at radius 2 is 1.50 bits per heavy atom. The standard InChI is InChI=1S/C40H65N3O8S/c1-24(2)31(51-35(46)41-16-9-17-41)26-22-25(3)30-32(49-26)33(44)38(7)28-11-10-27-36(4,5)29(12-13-39(27)23-40(28,39)15-14-37(30,38)6)50-34(45)42-18-20-43(21-19-42)52(8,47)48/h24-33,44H,9-23H2,1-8H3/t25-,26?,27+,28?,29?,30+,31?,32?,33+,37?,38-,39?,40?/m1/s1. The van der Waals surface area contributed by atoms with Crippen LogP contribution in [0.5, 0.6) is 0 Å². The first kappa shape index (κ1) is 37.3. The normalized spacial score (nSPS) is 47.2. The quantitative estimate of drug-likeness (QED) is 0.377. The fourth-order valence-electron chi connectivity index (χ4n) is 14.5. The van der Waals surface area contributed by atoms with Crippen molar-refractivity contribution in [1.82, 2.24) is 14.1 Å². The zero-order chi connectivity index (χ0) is 37.4. The van der Waals surface area contributed by atoms with E-state index in [9.17, 15) is 23.1 Å². The molecule has 13 atom stereocenters. The zero-order valence-corrected chi connectivity index (χ0v) is 33.8. The molecule has 11 nitrogen and oxygen atoms in total. The topological polar surface area (TPSA) is 126 Å². The number of aliphatic hydroxyl groups excluding tert-OH is 1. The summed E-state index contributed by atoms with van der Waals surface area (Å²) in [6.45, 7) is 18.9. The molecule has 8 aliphatic rings. The lowest BCUT2D eigenvalue weighted by Crippen LogP contribution is -2.60. The number of nitrogens with zero attached hydrogens (tertiary/aromatic N) is 3. The Balaban J connectivity index is 0.990. The number of hydrogen-bond donors (Lipinski definition) is 1. The van der Waals surface area contributed by atoms with E-state index in [0.717, 1.165) is 58.0 Å². The van der Waals surface area contributed by atoms with Gasteiger partial charge in [0.05, 0.1) is 24.6 Å². The smallest absolute Gasteiger partial charge is 0.410 e. The Bertz CT molecular complexity index is 1560. The second kappa shape index (κ2) is 12.2. The number of fused-ring (bicyclic) bond motifs is 4. The van der Waals surface area contributed by atoms with E-state index in [1.807, 2.05) is 0 Å². The Labute approximate surface area is 311 Å². The van der Waals surface area contributed by atoms with Gasteiger partial charge in [-0.05, 0) is 104 Å². The summed E-state index contributed by atoms with van der Waals surface area (Å²) in [5.41, 5.74) is -0.154. The van der Waals surface area contributed by atoms with E-state index in [4.69, 9.17) is 14.2 Å². The van der Waals surface area contributed by atoms with Crippen LogP contribution in [0.1, 0.15) is 106 Å². The van der Waals surface area contributed by atoms with Gasteiger partial charge in [0.1, 0.15) is 12.2 Å². The summed E-state index contributed by atoms with van der Waals surface area (Å²) < 4.78 is 45.0. The third-order valence-electron chi connectivity index (χ3n) is 17.3. The molecule has 12 heteroatoms. The van der Waals surface area contributed by atoms with Crippen molar-refractivity contribution in [3.8, 4) is 0 Å². The van der Waals surface area contributed by atoms with E-state index in [0.29, 0.717) is 43.9 Å². The summed E-state index contributed by atoms with van der Waals surface area (Å²) in [4.78, 5) is 29.9. The molecule has 5 saturated carbocycles. The molecule has 0 bridgehead atoms. The number of rotatable bonds is 5. The average molecular weight is 748 g/mol. The highest BCUT2D eigenvalue weighted by molar-refractivity contribution is 7.88. The summed E-state index contributed by atoms with van der Waals surface area (Å²) in [6, 6.07) is 0. The van der Waals surface area contributed by atoms with Gasteiger partial charge in [0, 0.05) is 50.1 Å². The highest BCUT2D eigenvalue weighted by Crippen LogP contribution is 2.89. The molecule has 2 spiro atoms. The van der Waals surface area contributed by atoms with E-state index in [1.54, 1.807) is 9.80 Å². The minimum Gasteiger partial charge on any atom is -0.446 e. The summed E-state index contributed by atoms with van der Waals surface area (Å²) in [5, 5.41) is 12.7. The molecule has 0 radical (unpaired) electrons. The summed E-state index contributed by atoms with van der Waals surface area (Å²) in [5.74, 6) is 1.53. The van der Waals surface area contributed by atoms with Crippen LogP contribution in [-0.2, 0) is 24.2 Å². The monoisotopic (exact) mass is 747 g/mol. The Morgan fingerprint density at radius 1 is 0.865 bits per heavy atom. The molecule has 3 heterocycles. The van der Waals surface area contributed by atoms with E-state index in [1.165, 1.54) is 23.4 Å². The van der Waals surface area contributed by atoms with Crippen molar-refractivity contribution in [3.05, 3.63) is 0 Å². The Kier molecular flexibility index (Phi) is 8.74. The van der Waals surface area contributed by atoms with Crippen molar-refractivity contribution >= 4 is 22.2 Å². The largest absolute Gasteiger partial charge is 0.446 e. The van der Waals surface area contributed by atoms with Crippen molar-refractivity contribution in [2.75, 3.05) is 45.5 Å². The minimum absolute atomic E-state index is 0.0565. The van der Waals surface area contributed by atoms with Gasteiger partial charge >= 0.3 is 12.2 Å². The van der Waals surface area contributed by atoms with Crippen molar-refractivity contribution in [1.29, 1.82) is 0 Å². The SMILES string of the molecule is CC(C)C(OC(=O)N1CCC1)C1C[C@@H](C)[C@H]2C(O1)[C@H](O)[C@@]1(C)C3CC[C@H]4C(C)(C)C(OC(=O)N5CCN(S(C)(=O)=O)CC5)CCC45CC35CCC21C. The number of piperazine rings is 1. The van der Waals surface area contributed by atoms with E-state index < -0.39 is 16.1 Å². The lowest BCUT2D eigenvalue weighted by atomic mass is 9.41. The number of amides is 2. The maximum atomic E-state index is 13.4. The van der Waals surface area contributed by atoms with E-state index in [2.05, 4.69) is 48.5 Å². The molecule has 5 aliphatic carbocycles. The highest BCUT2D eigenvalue weighted by atomic mass is 32.2. The zero-order valence-electron chi connectivity index (χ0n) is 32.9. The van der Waals surface area contributed by atoms with Gasteiger partial charge in [0.2, 0.25) is 10.0 Å². The number of hydrogen-bond acceptors (Lipinski definition) is 8. The molecule has 3 saturated heterocycles. The molecule has 0 aromatic carbocycles. The predicted molar refractivity (Wildman–Crippen MR) is 196 cm³/mol. The highest BCUT2D eigenvalue weighted by Gasteiger charge is 2.84. The maximum Gasteiger partial charge on any atom is 0.410 e. The fourth-order valence-corrected chi connectivity index (χ4v) is 15.3. The number of aliphatic hydroxyl groups is 1. The summed E-state index contributed by atoms with van der Waals surface area (Å²) >= 11 is 0. The summed E-state index contributed by atoms with van der Waals surface area (Å²) in [7, 11) is -3.27. The van der Waals surface area contributed by atoms with Crippen LogP contribution in [-0.4, -0.2) is 116 Å². The molecule has 52 heavy (non-hydrogen) atoms. The van der Waals surface area contributed by atoms with Crippen LogP contribution in [0.25, 0.3) is 0 Å². The van der Waals surface area contributed by atoms with Gasteiger partial charge in [0.25, 0.3) is 0 Å². The molecule has 1 N–H and O–H groups in total. The Morgan fingerprint density at radius 3 is 2.12 bits per heavy atom. The van der Waals surface area contributed by atoms with E-state index in [-0.39, 0.29) is 75.5 Å². The molecular weight excluding hydrogens is 683 g/mol. The molecule has 8 rings (SSSR count). The van der Waals surface area contributed by atoms with Gasteiger partial charge in [-0.3, -0.25) is 0 Å². The second-order valence-electron chi connectivity index (χ2n) is 20.0. The minimum atomic E-state index is -3.27. The first-order valence-electron chi connectivity index (χ1n) is 20.5. The van der Waals surface area contributed by atoms with Crippen LogP contribution in [0.2, 0.25) is 0 Å². The van der Waals surface area contributed by atoms with E-state index >= 15 is 0 Å². The lowest BCUT2D eigenvalue weighted by Gasteiger charge is -2.63. The van der Waals surface area contributed by atoms with Crippen LogP contribution in [0.15, 0.2) is 0 Å². The third-order valence-corrected chi connectivity index (χ3v) is 18.7.